The molecule has 1 N–H and O–H groups in total. The zero-order chi connectivity index (χ0) is 16.4. The van der Waals surface area contributed by atoms with E-state index in [2.05, 4.69) is 10.3 Å². The molecule has 0 fully saturated rings. The highest BCUT2D eigenvalue weighted by Gasteiger charge is 2.11. The maximum Gasteiger partial charge on any atom is 0.230 e. The largest absolute Gasteiger partial charge is 0.302 e. The van der Waals surface area contributed by atoms with Gasteiger partial charge >= 0.3 is 0 Å². The van der Waals surface area contributed by atoms with Crippen molar-refractivity contribution in [1.82, 2.24) is 4.98 Å². The topological polar surface area (TPSA) is 42.0 Å². The summed E-state index contributed by atoms with van der Waals surface area (Å²) in [5, 5.41) is 4.17. The van der Waals surface area contributed by atoms with E-state index in [-0.39, 0.29) is 5.91 Å². The number of aromatic nitrogens is 1. The van der Waals surface area contributed by atoms with Gasteiger partial charge in [0.1, 0.15) is 0 Å². The maximum atomic E-state index is 12.2. The van der Waals surface area contributed by atoms with E-state index in [9.17, 15) is 4.79 Å². The summed E-state index contributed by atoms with van der Waals surface area (Å²) < 4.78 is 0.981. The molecule has 118 valence electrons. The fourth-order valence-electron chi connectivity index (χ4n) is 2.30. The number of nitrogens with zero attached hydrogens (tertiary/aromatic N) is 1. The predicted molar refractivity (Wildman–Crippen MR) is 99.9 cm³/mol. The second-order valence-electron chi connectivity index (χ2n) is 5.16. The van der Waals surface area contributed by atoms with Gasteiger partial charge < -0.3 is 5.32 Å². The van der Waals surface area contributed by atoms with Gasteiger partial charge in [0.25, 0.3) is 0 Å². The average Bonchev–Trinajstić information content (AvgIpc) is 2.90. The van der Waals surface area contributed by atoms with E-state index < -0.39 is 0 Å². The number of carbonyl (C=O) groups is 1. The van der Waals surface area contributed by atoms with Crippen molar-refractivity contribution >= 4 is 56.0 Å². The van der Waals surface area contributed by atoms with Crippen LogP contribution in [0.4, 0.5) is 5.13 Å². The van der Waals surface area contributed by atoms with Crippen LogP contribution in [0.5, 0.6) is 0 Å². The van der Waals surface area contributed by atoms with E-state index in [1.807, 2.05) is 49.6 Å². The summed E-state index contributed by atoms with van der Waals surface area (Å²) in [6, 6.07) is 11.8. The van der Waals surface area contributed by atoms with Crippen LogP contribution in [-0.4, -0.2) is 17.1 Å². The van der Waals surface area contributed by atoms with Gasteiger partial charge in [-0.2, -0.15) is 0 Å². The van der Waals surface area contributed by atoms with E-state index in [0.29, 0.717) is 16.6 Å². The van der Waals surface area contributed by atoms with Gasteiger partial charge in [0.05, 0.1) is 16.6 Å². The third kappa shape index (κ3) is 3.86. The van der Waals surface area contributed by atoms with Gasteiger partial charge in [-0.15, -0.1) is 11.8 Å². The Kier molecular flexibility index (Phi) is 4.90. The summed E-state index contributed by atoms with van der Waals surface area (Å²) in [4.78, 5) is 17.9. The number of aryl methyl sites for hydroxylation is 1. The molecule has 0 spiro atoms. The molecule has 0 saturated heterocycles. The Morgan fingerprint density at radius 3 is 2.74 bits per heavy atom. The number of fused-ring (bicyclic) bond motifs is 1. The first-order valence-electron chi connectivity index (χ1n) is 7.04. The molecule has 3 aromatic rings. The third-order valence-corrected chi connectivity index (χ3v) is 5.30. The van der Waals surface area contributed by atoms with Crippen LogP contribution in [0.3, 0.4) is 0 Å². The van der Waals surface area contributed by atoms with Crippen LogP contribution in [0.1, 0.15) is 11.1 Å². The fourth-order valence-corrected chi connectivity index (χ4v) is 4.05. The highest BCUT2D eigenvalue weighted by molar-refractivity contribution is 7.98. The standard InChI is InChI=1S/C17H15ClN2OS2/c1-10-7-12(18)9-14-16(10)20-17(23-14)19-15(21)8-11-3-5-13(22-2)6-4-11/h3-7,9H,8H2,1-2H3,(H,19,20,21). The van der Waals surface area contributed by atoms with Gasteiger partial charge in [0.15, 0.2) is 5.13 Å². The number of amides is 1. The van der Waals surface area contributed by atoms with Crippen molar-refractivity contribution in [3.05, 3.63) is 52.5 Å². The molecule has 0 aliphatic rings. The first kappa shape index (κ1) is 16.3. The molecule has 0 atom stereocenters. The van der Waals surface area contributed by atoms with Gasteiger partial charge in [-0.25, -0.2) is 4.98 Å². The van der Waals surface area contributed by atoms with Crippen LogP contribution in [0, 0.1) is 6.92 Å². The van der Waals surface area contributed by atoms with E-state index in [1.165, 1.54) is 16.2 Å². The number of thioether (sulfide) groups is 1. The van der Waals surface area contributed by atoms with Crippen molar-refractivity contribution in [2.24, 2.45) is 0 Å². The second kappa shape index (κ2) is 6.91. The number of hydrogen-bond donors (Lipinski definition) is 1. The van der Waals surface area contributed by atoms with Crippen molar-refractivity contribution in [1.29, 1.82) is 0 Å². The Labute approximate surface area is 148 Å². The van der Waals surface area contributed by atoms with Crippen molar-refractivity contribution in [2.45, 2.75) is 18.2 Å². The molecule has 3 rings (SSSR count). The first-order chi connectivity index (χ1) is 11.0. The number of carbonyl (C=O) groups excluding carboxylic acids is 1. The molecule has 0 aliphatic heterocycles. The van der Waals surface area contributed by atoms with Crippen LogP contribution in [0.2, 0.25) is 5.02 Å². The maximum absolute atomic E-state index is 12.2. The third-order valence-electron chi connectivity index (χ3n) is 3.42. The Bertz CT molecular complexity index is 859. The first-order valence-corrected chi connectivity index (χ1v) is 9.46. The Hall–Kier alpha value is -1.56. The number of halogens is 1. The molecule has 6 heteroatoms. The summed E-state index contributed by atoms with van der Waals surface area (Å²) in [6.07, 6.45) is 2.37. The molecule has 0 saturated carbocycles. The minimum absolute atomic E-state index is 0.0651. The lowest BCUT2D eigenvalue weighted by molar-refractivity contribution is -0.115. The van der Waals surface area contributed by atoms with Crippen molar-refractivity contribution < 1.29 is 4.79 Å². The van der Waals surface area contributed by atoms with E-state index in [1.54, 1.807) is 11.8 Å². The van der Waals surface area contributed by atoms with Crippen molar-refractivity contribution in [2.75, 3.05) is 11.6 Å². The predicted octanol–water partition coefficient (Wildman–Crippen LogP) is 5.16. The number of anilines is 1. The molecular weight excluding hydrogens is 348 g/mol. The molecule has 1 aromatic heterocycles. The molecule has 0 bridgehead atoms. The Morgan fingerprint density at radius 2 is 2.04 bits per heavy atom. The van der Waals surface area contributed by atoms with Gasteiger partial charge in [0.2, 0.25) is 5.91 Å². The summed E-state index contributed by atoms with van der Waals surface area (Å²) in [5.74, 6) is -0.0651. The molecule has 0 aliphatic carbocycles. The van der Waals surface area contributed by atoms with E-state index >= 15 is 0 Å². The number of nitrogens with one attached hydrogen (secondary N) is 1. The minimum Gasteiger partial charge on any atom is -0.302 e. The normalized spacial score (nSPS) is 10.9. The molecular formula is C17H15ClN2OS2. The van der Waals surface area contributed by atoms with Crippen molar-refractivity contribution in [3.63, 3.8) is 0 Å². The molecule has 23 heavy (non-hydrogen) atoms. The molecule has 0 unspecified atom stereocenters. The smallest absolute Gasteiger partial charge is 0.230 e. The number of thiazole rings is 1. The molecule has 2 aromatic carbocycles. The Morgan fingerprint density at radius 1 is 1.30 bits per heavy atom. The van der Waals surface area contributed by atoms with Gasteiger partial charge in [-0.3, -0.25) is 4.79 Å². The van der Waals surface area contributed by atoms with Gasteiger partial charge in [-0.05, 0) is 48.6 Å². The average molecular weight is 363 g/mol. The van der Waals surface area contributed by atoms with E-state index in [0.717, 1.165) is 21.3 Å². The quantitative estimate of drug-likeness (QED) is 0.651. The lowest BCUT2D eigenvalue weighted by Crippen LogP contribution is -2.14. The number of hydrogen-bond acceptors (Lipinski definition) is 4. The van der Waals surface area contributed by atoms with Gasteiger partial charge in [-0.1, -0.05) is 35.1 Å². The van der Waals surface area contributed by atoms with Crippen LogP contribution in [0.25, 0.3) is 10.2 Å². The second-order valence-corrected chi connectivity index (χ2v) is 7.51. The zero-order valence-corrected chi connectivity index (χ0v) is 15.1. The monoisotopic (exact) mass is 362 g/mol. The number of rotatable bonds is 4. The highest BCUT2D eigenvalue weighted by Crippen LogP contribution is 2.31. The SMILES string of the molecule is CSc1ccc(CC(=O)Nc2nc3c(C)cc(Cl)cc3s2)cc1. The van der Waals surface area contributed by atoms with Crippen LogP contribution in [0.15, 0.2) is 41.3 Å². The molecule has 1 heterocycles. The molecule has 0 radical (unpaired) electrons. The Balaban J connectivity index is 1.73. The fraction of sp³-hybridized carbons (Fsp3) is 0.176. The lowest BCUT2D eigenvalue weighted by Gasteiger charge is -2.03. The van der Waals surface area contributed by atoms with Crippen LogP contribution < -0.4 is 5.32 Å². The summed E-state index contributed by atoms with van der Waals surface area (Å²) in [7, 11) is 0. The number of benzene rings is 2. The minimum atomic E-state index is -0.0651. The van der Waals surface area contributed by atoms with Gasteiger partial charge in [0, 0.05) is 9.92 Å². The highest BCUT2D eigenvalue weighted by atomic mass is 35.5. The van der Waals surface area contributed by atoms with Crippen molar-refractivity contribution in [3.8, 4) is 0 Å². The molecule has 3 nitrogen and oxygen atoms in total. The zero-order valence-electron chi connectivity index (χ0n) is 12.7. The summed E-state index contributed by atoms with van der Waals surface area (Å²) in [6.45, 7) is 1.97. The summed E-state index contributed by atoms with van der Waals surface area (Å²) in [5.41, 5.74) is 2.89. The van der Waals surface area contributed by atoms with E-state index in [4.69, 9.17) is 11.6 Å². The summed E-state index contributed by atoms with van der Waals surface area (Å²) >= 11 is 9.18. The van der Waals surface area contributed by atoms with Crippen LogP contribution in [-0.2, 0) is 11.2 Å². The molecule has 1 amide bonds. The lowest BCUT2D eigenvalue weighted by atomic mass is 10.1. The van der Waals surface area contributed by atoms with Crippen LogP contribution >= 0.6 is 34.7 Å².